The van der Waals surface area contributed by atoms with Crippen molar-refractivity contribution in [3.8, 4) is 11.5 Å². The van der Waals surface area contributed by atoms with Crippen molar-refractivity contribution < 1.29 is 36.9 Å². The first-order chi connectivity index (χ1) is 17.3. The fourth-order valence-corrected chi connectivity index (χ4v) is 4.11. The van der Waals surface area contributed by atoms with Gasteiger partial charge in [0.2, 0.25) is 11.7 Å². The third kappa shape index (κ3) is 5.66. The topological polar surface area (TPSA) is 118 Å². The minimum atomic E-state index is -3.32. The summed E-state index contributed by atoms with van der Waals surface area (Å²) < 4.78 is 54.1. The van der Waals surface area contributed by atoms with Gasteiger partial charge in [0.05, 0.1) is 17.8 Å². The molecule has 4 rings (SSSR count). The van der Waals surface area contributed by atoms with Gasteiger partial charge in [-0.15, -0.1) is 0 Å². The Morgan fingerprint density at radius 1 is 1.16 bits per heavy atom. The van der Waals surface area contributed by atoms with Crippen molar-refractivity contribution >= 4 is 29.2 Å². The molecular weight excluding hydrogens is 515 g/mol. The van der Waals surface area contributed by atoms with E-state index in [1.54, 1.807) is 0 Å². The van der Waals surface area contributed by atoms with Crippen LogP contribution in [0.2, 0.25) is 5.02 Å². The van der Waals surface area contributed by atoms with Gasteiger partial charge >= 0.3 is 11.9 Å². The maximum Gasteiger partial charge on any atom is 0.312 e. The lowest BCUT2D eigenvalue weighted by Crippen LogP contribution is -2.30. The molecule has 1 saturated carbocycles. The summed E-state index contributed by atoms with van der Waals surface area (Å²) in [5.41, 5.74) is -0.809. The molecule has 37 heavy (non-hydrogen) atoms. The Labute approximate surface area is 215 Å². The van der Waals surface area contributed by atoms with Crippen LogP contribution in [0.1, 0.15) is 75.3 Å². The Balaban J connectivity index is 1.64. The van der Waals surface area contributed by atoms with Gasteiger partial charge in [-0.3, -0.25) is 9.59 Å². The van der Waals surface area contributed by atoms with Crippen molar-refractivity contribution in [1.82, 2.24) is 10.3 Å². The number of rotatable bonds is 9. The number of carbonyl (C=O) groups excluding carboxylic acids is 1. The summed E-state index contributed by atoms with van der Waals surface area (Å²) in [7, 11) is 0. The maximum atomic E-state index is 14.8. The fraction of sp³-hybridized carbons (Fsp3) is 0.440. The average Bonchev–Trinajstić information content (AvgIpc) is 3.32. The molecular formula is C25H25ClF3N3O5. The summed E-state index contributed by atoms with van der Waals surface area (Å²) in [4.78, 5) is 24.3. The molecule has 12 heteroatoms. The van der Waals surface area contributed by atoms with Gasteiger partial charge in [-0.1, -0.05) is 42.7 Å². The number of halogens is 4. The van der Waals surface area contributed by atoms with Gasteiger partial charge in [0.25, 0.3) is 0 Å². The molecule has 0 radical (unpaired) electrons. The number of carbonyl (C=O) groups is 2. The molecule has 2 N–H and O–H groups in total. The molecule has 198 valence electrons. The van der Waals surface area contributed by atoms with E-state index in [2.05, 4.69) is 15.6 Å². The van der Waals surface area contributed by atoms with Crippen LogP contribution in [0, 0.1) is 11.2 Å². The minimum Gasteiger partial charge on any atom is -0.481 e. The Morgan fingerprint density at radius 3 is 2.46 bits per heavy atom. The van der Waals surface area contributed by atoms with E-state index in [0.717, 1.165) is 25.0 Å². The van der Waals surface area contributed by atoms with E-state index < -0.39 is 47.1 Å². The second-order valence-corrected chi connectivity index (χ2v) is 10.6. The maximum absolute atomic E-state index is 14.8. The smallest absolute Gasteiger partial charge is 0.312 e. The number of hydrogen-bond acceptors (Lipinski definition) is 6. The van der Waals surface area contributed by atoms with E-state index in [9.17, 15) is 27.9 Å². The quantitative estimate of drug-likeness (QED) is 0.309. The molecule has 0 aliphatic heterocycles. The van der Waals surface area contributed by atoms with Crippen molar-refractivity contribution in [2.75, 3.05) is 5.32 Å². The summed E-state index contributed by atoms with van der Waals surface area (Å²) in [5, 5.41) is 19.9. The number of alkyl halides is 2. The number of carboxylic acid groups (broad SMARTS) is 1. The van der Waals surface area contributed by atoms with Crippen LogP contribution in [-0.4, -0.2) is 27.3 Å². The number of anilines is 1. The molecule has 1 aliphatic carbocycles. The summed E-state index contributed by atoms with van der Waals surface area (Å²) in [6, 6.07) is 4.82. The van der Waals surface area contributed by atoms with Crippen LogP contribution in [0.3, 0.4) is 0 Å². The van der Waals surface area contributed by atoms with Crippen LogP contribution in [0.15, 0.2) is 33.3 Å². The lowest BCUT2D eigenvalue weighted by atomic mass is 9.86. The molecule has 1 aromatic carbocycles. The number of aromatic nitrogens is 2. The van der Waals surface area contributed by atoms with Crippen LogP contribution >= 0.6 is 11.6 Å². The van der Waals surface area contributed by atoms with Crippen molar-refractivity contribution in [3.05, 3.63) is 52.1 Å². The summed E-state index contributed by atoms with van der Waals surface area (Å²) >= 11 is 5.74. The van der Waals surface area contributed by atoms with Gasteiger partial charge in [0, 0.05) is 34.4 Å². The highest BCUT2D eigenvalue weighted by atomic mass is 35.5. The molecule has 1 amide bonds. The lowest BCUT2D eigenvalue weighted by molar-refractivity contribution is -0.137. The number of amides is 1. The zero-order valence-corrected chi connectivity index (χ0v) is 21.0. The third-order valence-electron chi connectivity index (χ3n) is 6.18. The monoisotopic (exact) mass is 539 g/mol. The third-order valence-corrected chi connectivity index (χ3v) is 6.42. The normalized spacial score (nSPS) is 15.0. The largest absolute Gasteiger partial charge is 0.481 e. The van der Waals surface area contributed by atoms with Gasteiger partial charge < -0.3 is 19.5 Å². The number of nitrogens with zero attached hydrogens (tertiary/aromatic N) is 2. The number of aliphatic carboxylic acids is 1. The van der Waals surface area contributed by atoms with Crippen LogP contribution in [0.4, 0.5) is 18.9 Å². The molecule has 8 nitrogen and oxygen atoms in total. The minimum absolute atomic E-state index is 0.00124. The number of carboxylic acids is 1. The molecule has 2 heterocycles. The van der Waals surface area contributed by atoms with E-state index in [1.165, 1.54) is 32.9 Å². The Hall–Kier alpha value is -3.34. The first kappa shape index (κ1) is 26.7. The zero-order chi connectivity index (χ0) is 27.1. The van der Waals surface area contributed by atoms with Crippen molar-refractivity contribution in [3.63, 3.8) is 0 Å². The van der Waals surface area contributed by atoms with Gasteiger partial charge in [-0.05, 0) is 37.0 Å². The van der Waals surface area contributed by atoms with Crippen LogP contribution in [0.25, 0.3) is 11.5 Å². The highest BCUT2D eigenvalue weighted by Gasteiger charge is 2.49. The van der Waals surface area contributed by atoms with Gasteiger partial charge in [-0.25, -0.2) is 4.39 Å². The molecule has 0 saturated heterocycles. The second-order valence-electron chi connectivity index (χ2n) is 10.2. The Morgan fingerprint density at radius 2 is 1.86 bits per heavy atom. The molecule has 2 aromatic heterocycles. The molecule has 0 unspecified atom stereocenters. The predicted molar refractivity (Wildman–Crippen MR) is 127 cm³/mol. The van der Waals surface area contributed by atoms with E-state index in [0.29, 0.717) is 5.56 Å². The van der Waals surface area contributed by atoms with E-state index in [-0.39, 0.29) is 40.2 Å². The van der Waals surface area contributed by atoms with Crippen LogP contribution in [0.5, 0.6) is 0 Å². The van der Waals surface area contributed by atoms with Crippen molar-refractivity contribution in [1.29, 1.82) is 0 Å². The first-order valence-corrected chi connectivity index (χ1v) is 12.0. The zero-order valence-electron chi connectivity index (χ0n) is 20.3. The van der Waals surface area contributed by atoms with Crippen molar-refractivity contribution in [2.45, 2.75) is 64.2 Å². The van der Waals surface area contributed by atoms with E-state index in [1.807, 2.05) is 0 Å². The van der Waals surface area contributed by atoms with E-state index in [4.69, 9.17) is 20.6 Å². The second kappa shape index (κ2) is 9.85. The number of hydrogen-bond donors (Lipinski definition) is 2. The van der Waals surface area contributed by atoms with Crippen LogP contribution in [-0.2, 0) is 15.5 Å². The SMILES string of the molecule is CC(C)(C)C(F)(F)c1cc(-c2onc([C@@H](CC(=O)O)CC(=O)Nc3ccc(Cl)cc3F)c2C2CC2)no1. The average molecular weight is 540 g/mol. The highest BCUT2D eigenvalue weighted by molar-refractivity contribution is 6.30. The van der Waals surface area contributed by atoms with Gasteiger partial charge in [-0.2, -0.15) is 8.78 Å². The summed E-state index contributed by atoms with van der Waals surface area (Å²) in [6.45, 7) is 4.11. The fourth-order valence-electron chi connectivity index (χ4n) is 3.95. The highest BCUT2D eigenvalue weighted by Crippen LogP contribution is 2.50. The summed E-state index contributed by atoms with van der Waals surface area (Å²) in [6.07, 6.45) is 0.679. The number of benzene rings is 1. The molecule has 1 atom stereocenters. The van der Waals surface area contributed by atoms with Crippen LogP contribution < -0.4 is 5.32 Å². The molecule has 0 bridgehead atoms. The van der Waals surface area contributed by atoms with E-state index >= 15 is 0 Å². The van der Waals surface area contributed by atoms with Crippen molar-refractivity contribution in [2.24, 2.45) is 5.41 Å². The number of nitrogens with one attached hydrogen (secondary N) is 1. The standard InChI is InChI=1S/C25H25ClF3N3O5/c1-24(2,3)25(28,29)18-11-17(31-36-18)23-21(12-4-5-12)22(32-37-23)13(9-20(34)35)8-19(33)30-16-7-6-14(26)10-15(16)27/h6-7,10-13H,4-5,8-9H2,1-3H3,(H,30,33)(H,34,35)/t13-/m1/s1. The lowest BCUT2D eigenvalue weighted by Gasteiger charge is -2.27. The molecule has 3 aromatic rings. The Bertz CT molecular complexity index is 1330. The van der Waals surface area contributed by atoms with Gasteiger partial charge in [0.15, 0.2) is 11.5 Å². The summed E-state index contributed by atoms with van der Waals surface area (Å²) in [5.74, 6) is -7.43. The molecule has 0 spiro atoms. The first-order valence-electron chi connectivity index (χ1n) is 11.6. The molecule has 1 fully saturated rings. The predicted octanol–water partition coefficient (Wildman–Crippen LogP) is 6.72. The molecule has 1 aliphatic rings. The Kier molecular flexibility index (Phi) is 7.11. The van der Waals surface area contributed by atoms with Gasteiger partial charge in [0.1, 0.15) is 5.82 Å².